The average Bonchev–Trinajstić information content (AvgIpc) is 3.80. The number of hydrogen-bond donors (Lipinski definition) is 1. The molecular formula is C34H33N5O5. The van der Waals surface area contributed by atoms with E-state index in [0.29, 0.717) is 41.4 Å². The Kier molecular flexibility index (Phi) is 7.04. The van der Waals surface area contributed by atoms with Crippen LogP contribution in [0.15, 0.2) is 72.8 Å². The third kappa shape index (κ3) is 4.86. The van der Waals surface area contributed by atoms with E-state index in [2.05, 4.69) is 15.1 Å². The molecule has 7 rings (SSSR count). The fourth-order valence-corrected chi connectivity index (χ4v) is 6.34. The predicted molar refractivity (Wildman–Crippen MR) is 163 cm³/mol. The smallest absolute Gasteiger partial charge is 0.263 e. The molecule has 224 valence electrons. The standard InChI is InChI=1S/C34H33N5O5/c1-21(26-17-27(36-35-26)23-8-4-3-5-9-23)37(2)32(40)24-10-7-15-38(19-24)28-12-6-11-25-31(28)34(42)39(33(25)41)18-22-13-14-29-30(16-22)44-20-43-29/h3-6,8-9,11-14,16-17,21,24H,7,10,15,18-20H2,1-2H3,(H,35,36). The Morgan fingerprint density at radius 3 is 2.68 bits per heavy atom. The topological polar surface area (TPSA) is 108 Å². The van der Waals surface area contributed by atoms with Gasteiger partial charge in [0.25, 0.3) is 11.8 Å². The van der Waals surface area contributed by atoms with Crippen molar-refractivity contribution in [1.29, 1.82) is 0 Å². The summed E-state index contributed by atoms with van der Waals surface area (Å²) in [5, 5.41) is 7.57. The summed E-state index contributed by atoms with van der Waals surface area (Å²) in [5.41, 5.74) is 4.97. The third-order valence-electron chi connectivity index (χ3n) is 8.91. The number of amides is 3. The highest BCUT2D eigenvalue weighted by Crippen LogP contribution is 2.37. The molecule has 44 heavy (non-hydrogen) atoms. The van der Waals surface area contributed by atoms with Crippen molar-refractivity contribution < 1.29 is 23.9 Å². The number of benzene rings is 3. The quantitative estimate of drug-likeness (QED) is 0.300. The molecule has 10 nitrogen and oxygen atoms in total. The molecule has 2 unspecified atom stereocenters. The number of carbonyl (C=O) groups excluding carboxylic acids is 3. The second-order valence-corrected chi connectivity index (χ2v) is 11.6. The molecule has 1 saturated heterocycles. The highest BCUT2D eigenvalue weighted by Gasteiger charge is 2.40. The summed E-state index contributed by atoms with van der Waals surface area (Å²) in [5.74, 6) is 0.391. The first-order valence-corrected chi connectivity index (χ1v) is 14.9. The van der Waals surface area contributed by atoms with Crippen molar-refractivity contribution in [3.8, 4) is 22.8 Å². The van der Waals surface area contributed by atoms with Gasteiger partial charge in [-0.15, -0.1) is 0 Å². The number of rotatable bonds is 7. The van der Waals surface area contributed by atoms with Crippen molar-refractivity contribution in [1.82, 2.24) is 20.0 Å². The van der Waals surface area contributed by atoms with Gasteiger partial charge in [0.1, 0.15) is 0 Å². The van der Waals surface area contributed by atoms with Crippen LogP contribution >= 0.6 is 0 Å². The number of nitrogens with one attached hydrogen (secondary N) is 1. The number of anilines is 1. The molecule has 1 N–H and O–H groups in total. The van der Waals surface area contributed by atoms with E-state index in [4.69, 9.17) is 9.47 Å². The summed E-state index contributed by atoms with van der Waals surface area (Å²) < 4.78 is 10.9. The number of nitrogens with zero attached hydrogens (tertiary/aromatic N) is 4. The fourth-order valence-electron chi connectivity index (χ4n) is 6.34. The van der Waals surface area contributed by atoms with Crippen molar-refractivity contribution in [3.63, 3.8) is 0 Å². The van der Waals surface area contributed by atoms with E-state index in [1.807, 2.05) is 68.6 Å². The number of fused-ring (bicyclic) bond motifs is 2. The molecule has 3 aliphatic rings. The molecule has 0 saturated carbocycles. The summed E-state index contributed by atoms with van der Waals surface area (Å²) in [6.45, 7) is 3.44. The highest BCUT2D eigenvalue weighted by molar-refractivity contribution is 6.23. The van der Waals surface area contributed by atoms with Crippen molar-refractivity contribution in [3.05, 3.63) is 95.2 Å². The minimum absolute atomic E-state index is 0.0393. The Bertz CT molecular complexity index is 1750. The van der Waals surface area contributed by atoms with E-state index >= 15 is 0 Å². The van der Waals surface area contributed by atoms with Gasteiger partial charge in [0, 0.05) is 25.7 Å². The molecule has 3 aromatic carbocycles. The van der Waals surface area contributed by atoms with Crippen LogP contribution in [-0.2, 0) is 11.3 Å². The molecule has 10 heteroatoms. The lowest BCUT2D eigenvalue weighted by molar-refractivity contribution is -0.136. The summed E-state index contributed by atoms with van der Waals surface area (Å²) >= 11 is 0. The largest absolute Gasteiger partial charge is 0.454 e. The highest BCUT2D eigenvalue weighted by atomic mass is 16.7. The normalized spacial score (nSPS) is 18.0. The van der Waals surface area contributed by atoms with Gasteiger partial charge in [0.2, 0.25) is 12.7 Å². The fraction of sp³-hybridized carbons (Fsp3) is 0.294. The number of piperidine rings is 1. The molecule has 3 amide bonds. The predicted octanol–water partition coefficient (Wildman–Crippen LogP) is 5.04. The van der Waals surface area contributed by atoms with Crippen LogP contribution in [0.25, 0.3) is 11.3 Å². The molecule has 0 aliphatic carbocycles. The van der Waals surface area contributed by atoms with Crippen molar-refractivity contribution >= 4 is 23.4 Å². The maximum absolute atomic E-state index is 13.8. The van der Waals surface area contributed by atoms with E-state index in [-0.39, 0.29) is 43.0 Å². The Morgan fingerprint density at radius 2 is 1.84 bits per heavy atom. The molecule has 3 aliphatic heterocycles. The number of H-pyrrole nitrogens is 1. The number of ether oxygens (including phenoxy) is 2. The van der Waals surface area contributed by atoms with Crippen molar-refractivity contribution in [2.24, 2.45) is 5.92 Å². The van der Waals surface area contributed by atoms with Gasteiger partial charge in [-0.3, -0.25) is 24.4 Å². The molecule has 0 bridgehead atoms. The van der Waals surface area contributed by atoms with Gasteiger partial charge < -0.3 is 19.3 Å². The number of carbonyl (C=O) groups is 3. The van der Waals surface area contributed by atoms with Gasteiger partial charge in [-0.05, 0) is 55.7 Å². The lowest BCUT2D eigenvalue weighted by Gasteiger charge is -2.37. The van der Waals surface area contributed by atoms with Gasteiger partial charge in [-0.25, -0.2) is 0 Å². The van der Waals surface area contributed by atoms with E-state index < -0.39 is 0 Å². The Hall–Kier alpha value is -5.12. The van der Waals surface area contributed by atoms with E-state index in [1.165, 1.54) is 4.90 Å². The summed E-state index contributed by atoms with van der Waals surface area (Å²) in [7, 11) is 1.82. The molecule has 1 aromatic heterocycles. The monoisotopic (exact) mass is 591 g/mol. The third-order valence-corrected chi connectivity index (χ3v) is 8.91. The van der Waals surface area contributed by atoms with E-state index in [1.54, 1.807) is 23.1 Å². The zero-order valence-corrected chi connectivity index (χ0v) is 24.7. The van der Waals surface area contributed by atoms with Crippen LogP contribution in [0.3, 0.4) is 0 Å². The zero-order chi connectivity index (χ0) is 30.4. The first kappa shape index (κ1) is 27.7. The second-order valence-electron chi connectivity index (χ2n) is 11.6. The van der Waals surface area contributed by atoms with E-state index in [0.717, 1.165) is 35.4 Å². The van der Waals surface area contributed by atoms with Crippen molar-refractivity contribution in [2.45, 2.75) is 32.4 Å². The number of aromatic amines is 1. The molecular weight excluding hydrogens is 558 g/mol. The maximum Gasteiger partial charge on any atom is 0.263 e. The summed E-state index contributed by atoms with van der Waals surface area (Å²) in [6, 6.07) is 22.5. The molecule has 1 fully saturated rings. The molecule has 0 spiro atoms. The van der Waals surface area contributed by atoms with Crippen LogP contribution < -0.4 is 14.4 Å². The Balaban J connectivity index is 1.06. The van der Waals surface area contributed by atoms with Crippen LogP contribution in [0.2, 0.25) is 0 Å². The number of hydrogen-bond acceptors (Lipinski definition) is 7. The molecule has 4 aromatic rings. The Morgan fingerprint density at radius 1 is 1.02 bits per heavy atom. The second kappa shape index (κ2) is 11.2. The first-order chi connectivity index (χ1) is 21.4. The first-order valence-electron chi connectivity index (χ1n) is 14.9. The maximum atomic E-state index is 13.8. The number of imide groups is 1. The molecule has 0 radical (unpaired) electrons. The molecule has 2 atom stereocenters. The minimum Gasteiger partial charge on any atom is -0.454 e. The molecule has 4 heterocycles. The van der Waals surface area contributed by atoms with Gasteiger partial charge in [0.05, 0.1) is 46.7 Å². The lowest BCUT2D eigenvalue weighted by atomic mass is 9.94. The zero-order valence-electron chi connectivity index (χ0n) is 24.7. The van der Waals surface area contributed by atoms with Crippen LogP contribution in [0, 0.1) is 5.92 Å². The summed E-state index contributed by atoms with van der Waals surface area (Å²) in [6.07, 6.45) is 1.55. The van der Waals surface area contributed by atoms with Crippen molar-refractivity contribution in [2.75, 3.05) is 31.8 Å². The van der Waals surface area contributed by atoms with Gasteiger partial charge in [-0.1, -0.05) is 42.5 Å². The van der Waals surface area contributed by atoms with Crippen LogP contribution in [0.4, 0.5) is 5.69 Å². The average molecular weight is 592 g/mol. The van der Waals surface area contributed by atoms with Gasteiger partial charge >= 0.3 is 0 Å². The van der Waals surface area contributed by atoms with Gasteiger partial charge in [-0.2, -0.15) is 5.10 Å². The lowest BCUT2D eigenvalue weighted by Crippen LogP contribution is -2.44. The SMILES string of the molecule is CC(c1cc(-c2ccccc2)n[nH]1)N(C)C(=O)C1CCCN(c2cccc3c2C(=O)N(Cc2ccc4c(c2)OCO4)C3=O)C1. The number of aromatic nitrogens is 2. The van der Waals surface area contributed by atoms with Crippen LogP contribution in [0.5, 0.6) is 11.5 Å². The van der Waals surface area contributed by atoms with E-state index in [9.17, 15) is 14.4 Å². The van der Waals surface area contributed by atoms with Crippen LogP contribution in [0.1, 0.15) is 57.8 Å². The van der Waals surface area contributed by atoms with Crippen LogP contribution in [-0.4, -0.2) is 64.6 Å². The Labute approximate surface area is 255 Å². The van der Waals surface area contributed by atoms with Gasteiger partial charge in [0.15, 0.2) is 11.5 Å². The minimum atomic E-state index is -0.328. The summed E-state index contributed by atoms with van der Waals surface area (Å²) in [4.78, 5) is 46.0.